The number of pyridine rings is 1. The predicted octanol–water partition coefficient (Wildman–Crippen LogP) is 2.58. The van der Waals surface area contributed by atoms with Crippen LogP contribution in [0.3, 0.4) is 0 Å². The number of aromatic nitrogens is 1. The molecule has 2 amide bonds. The number of benzene rings is 1. The smallest absolute Gasteiger partial charge is 0.255 e. The van der Waals surface area contributed by atoms with Crippen LogP contribution < -0.4 is 19.7 Å². The van der Waals surface area contributed by atoms with E-state index in [9.17, 15) is 9.59 Å². The quantitative estimate of drug-likeness (QED) is 0.776. The van der Waals surface area contributed by atoms with Gasteiger partial charge in [0.25, 0.3) is 5.91 Å². The van der Waals surface area contributed by atoms with E-state index in [1.165, 1.54) is 0 Å². The van der Waals surface area contributed by atoms with E-state index in [1.807, 2.05) is 23.1 Å². The topological polar surface area (TPSA) is 84.0 Å². The second-order valence-electron chi connectivity index (χ2n) is 8.54. The Labute approximate surface area is 187 Å². The standard InChI is InChI=1S/C24H28N4O4/c29-23(26-15-17-7-8-20-21(14-17)32-16-31-20)19-6-3-9-25-22(19)27-10-12-28(13-11-27)24(30)18-4-1-2-5-18/h3,6-9,14,18H,1-2,4-5,10-13,15-16H2,(H,26,29). The number of carbonyl (C=O) groups is 2. The maximum Gasteiger partial charge on any atom is 0.255 e. The van der Waals surface area contributed by atoms with E-state index in [-0.39, 0.29) is 18.6 Å². The van der Waals surface area contributed by atoms with Gasteiger partial charge in [-0.15, -0.1) is 0 Å². The SMILES string of the molecule is O=C(NCc1ccc2c(c1)OCO2)c1cccnc1N1CCN(C(=O)C2CCCC2)CC1. The fraction of sp³-hybridized carbons (Fsp3) is 0.458. The largest absolute Gasteiger partial charge is 0.454 e. The van der Waals surface area contributed by atoms with Gasteiger partial charge in [0.05, 0.1) is 5.56 Å². The van der Waals surface area contributed by atoms with E-state index in [2.05, 4.69) is 15.2 Å². The third-order valence-electron chi connectivity index (χ3n) is 6.52. The minimum atomic E-state index is -0.171. The number of nitrogens with zero attached hydrogens (tertiary/aromatic N) is 3. The molecule has 1 aromatic heterocycles. The molecule has 0 spiro atoms. The molecule has 8 nitrogen and oxygen atoms in total. The zero-order valence-electron chi connectivity index (χ0n) is 18.1. The van der Waals surface area contributed by atoms with Crippen LogP contribution in [0.2, 0.25) is 0 Å². The van der Waals surface area contributed by atoms with E-state index in [1.54, 1.807) is 18.3 Å². The van der Waals surface area contributed by atoms with Crippen LogP contribution in [-0.4, -0.2) is 54.7 Å². The van der Waals surface area contributed by atoms with Gasteiger partial charge in [-0.3, -0.25) is 9.59 Å². The molecule has 2 fully saturated rings. The van der Waals surface area contributed by atoms with Crippen molar-refractivity contribution in [2.45, 2.75) is 32.2 Å². The van der Waals surface area contributed by atoms with Gasteiger partial charge in [-0.25, -0.2) is 4.98 Å². The number of nitrogens with one attached hydrogen (secondary N) is 1. The Balaban J connectivity index is 1.21. The van der Waals surface area contributed by atoms with Gasteiger partial charge in [-0.2, -0.15) is 0 Å². The zero-order chi connectivity index (χ0) is 21.9. The molecule has 1 aliphatic carbocycles. The van der Waals surface area contributed by atoms with Crippen LogP contribution in [0.1, 0.15) is 41.6 Å². The first-order chi connectivity index (χ1) is 15.7. The predicted molar refractivity (Wildman–Crippen MR) is 119 cm³/mol. The van der Waals surface area contributed by atoms with Crippen LogP contribution >= 0.6 is 0 Å². The number of anilines is 1. The summed E-state index contributed by atoms with van der Waals surface area (Å²) in [6.07, 6.45) is 6.07. The molecule has 5 rings (SSSR count). The Morgan fingerprint density at radius 2 is 1.81 bits per heavy atom. The van der Waals surface area contributed by atoms with Crippen molar-refractivity contribution in [1.29, 1.82) is 0 Å². The van der Waals surface area contributed by atoms with E-state index < -0.39 is 0 Å². The van der Waals surface area contributed by atoms with Gasteiger partial charge in [0, 0.05) is 44.8 Å². The van der Waals surface area contributed by atoms with Gasteiger partial charge in [-0.05, 0) is 42.7 Å². The normalized spacial score (nSPS) is 18.1. The number of ether oxygens (including phenoxy) is 2. The van der Waals surface area contributed by atoms with Crippen molar-refractivity contribution in [1.82, 2.24) is 15.2 Å². The minimum absolute atomic E-state index is 0.171. The molecule has 2 aromatic rings. The van der Waals surface area contributed by atoms with E-state index in [4.69, 9.17) is 9.47 Å². The first-order valence-corrected chi connectivity index (χ1v) is 11.3. The third-order valence-corrected chi connectivity index (χ3v) is 6.52. The van der Waals surface area contributed by atoms with Crippen molar-refractivity contribution in [3.05, 3.63) is 47.7 Å². The molecule has 1 saturated heterocycles. The van der Waals surface area contributed by atoms with E-state index >= 15 is 0 Å². The summed E-state index contributed by atoms with van der Waals surface area (Å²) in [4.78, 5) is 34.3. The van der Waals surface area contributed by atoms with Gasteiger partial charge in [0.1, 0.15) is 5.82 Å². The molecular formula is C24H28N4O4. The summed E-state index contributed by atoms with van der Waals surface area (Å²) >= 11 is 0. The first-order valence-electron chi connectivity index (χ1n) is 11.3. The van der Waals surface area contributed by atoms with Gasteiger partial charge in [0.2, 0.25) is 12.7 Å². The summed E-state index contributed by atoms with van der Waals surface area (Å²) in [5.74, 6) is 2.42. The lowest BCUT2D eigenvalue weighted by molar-refractivity contribution is -0.135. The summed E-state index contributed by atoms with van der Waals surface area (Å²) in [7, 11) is 0. The monoisotopic (exact) mass is 436 g/mol. The fourth-order valence-electron chi connectivity index (χ4n) is 4.72. The van der Waals surface area contributed by atoms with Crippen molar-refractivity contribution in [3.8, 4) is 11.5 Å². The molecule has 1 saturated carbocycles. The van der Waals surface area contributed by atoms with Crippen LogP contribution in [0.25, 0.3) is 0 Å². The molecular weight excluding hydrogens is 408 g/mol. The van der Waals surface area contributed by atoms with Crippen molar-refractivity contribution >= 4 is 17.6 Å². The first kappa shape index (κ1) is 20.6. The highest BCUT2D eigenvalue weighted by atomic mass is 16.7. The zero-order valence-corrected chi connectivity index (χ0v) is 18.1. The summed E-state index contributed by atoms with van der Waals surface area (Å²) in [6, 6.07) is 9.23. The lowest BCUT2D eigenvalue weighted by Gasteiger charge is -2.37. The summed E-state index contributed by atoms with van der Waals surface area (Å²) in [6.45, 7) is 3.31. The van der Waals surface area contributed by atoms with Crippen LogP contribution in [0.15, 0.2) is 36.5 Å². The number of piperazine rings is 1. The lowest BCUT2D eigenvalue weighted by Crippen LogP contribution is -2.50. The lowest BCUT2D eigenvalue weighted by atomic mass is 10.1. The molecule has 3 aliphatic rings. The Kier molecular flexibility index (Phi) is 5.83. The Bertz CT molecular complexity index is 997. The van der Waals surface area contributed by atoms with Gasteiger partial charge in [-0.1, -0.05) is 18.9 Å². The molecule has 0 atom stereocenters. The Hall–Kier alpha value is -3.29. The van der Waals surface area contributed by atoms with Crippen LogP contribution in [0.5, 0.6) is 11.5 Å². The van der Waals surface area contributed by atoms with Crippen molar-refractivity contribution in [3.63, 3.8) is 0 Å². The van der Waals surface area contributed by atoms with Crippen molar-refractivity contribution in [2.75, 3.05) is 37.9 Å². The summed E-state index contributed by atoms with van der Waals surface area (Å²) in [5, 5.41) is 2.98. The van der Waals surface area contributed by atoms with E-state index in [0.29, 0.717) is 55.8 Å². The Morgan fingerprint density at radius 1 is 1.03 bits per heavy atom. The average molecular weight is 437 g/mol. The highest BCUT2D eigenvalue weighted by molar-refractivity contribution is 5.98. The van der Waals surface area contributed by atoms with Gasteiger partial charge < -0.3 is 24.6 Å². The number of rotatable bonds is 5. The highest BCUT2D eigenvalue weighted by Gasteiger charge is 2.30. The molecule has 1 aromatic carbocycles. The molecule has 168 valence electrons. The van der Waals surface area contributed by atoms with Crippen LogP contribution in [0, 0.1) is 5.92 Å². The summed E-state index contributed by atoms with van der Waals surface area (Å²) in [5.41, 5.74) is 1.48. The molecule has 8 heteroatoms. The van der Waals surface area contributed by atoms with Crippen molar-refractivity contribution in [2.24, 2.45) is 5.92 Å². The number of amides is 2. The summed E-state index contributed by atoms with van der Waals surface area (Å²) < 4.78 is 10.7. The highest BCUT2D eigenvalue weighted by Crippen LogP contribution is 2.32. The molecule has 1 N–H and O–H groups in total. The number of hydrogen-bond acceptors (Lipinski definition) is 6. The maximum absolute atomic E-state index is 13.0. The fourth-order valence-corrected chi connectivity index (χ4v) is 4.72. The molecule has 32 heavy (non-hydrogen) atoms. The maximum atomic E-state index is 13.0. The van der Waals surface area contributed by atoms with E-state index in [0.717, 1.165) is 37.0 Å². The Morgan fingerprint density at radius 3 is 2.62 bits per heavy atom. The number of hydrogen-bond donors (Lipinski definition) is 1. The van der Waals surface area contributed by atoms with Crippen LogP contribution in [0.4, 0.5) is 5.82 Å². The molecule has 0 unspecified atom stereocenters. The van der Waals surface area contributed by atoms with Crippen molar-refractivity contribution < 1.29 is 19.1 Å². The van der Waals surface area contributed by atoms with Crippen LogP contribution in [-0.2, 0) is 11.3 Å². The minimum Gasteiger partial charge on any atom is -0.454 e. The average Bonchev–Trinajstić information content (AvgIpc) is 3.54. The number of fused-ring (bicyclic) bond motifs is 1. The number of carbonyl (C=O) groups excluding carboxylic acids is 2. The van der Waals surface area contributed by atoms with Gasteiger partial charge in [0.15, 0.2) is 11.5 Å². The molecule has 0 bridgehead atoms. The third kappa shape index (κ3) is 4.22. The molecule has 0 radical (unpaired) electrons. The molecule has 2 aliphatic heterocycles. The second kappa shape index (κ2) is 9.06. The van der Waals surface area contributed by atoms with Gasteiger partial charge >= 0.3 is 0 Å². The second-order valence-corrected chi connectivity index (χ2v) is 8.54. The molecule has 3 heterocycles.